The Morgan fingerprint density at radius 1 is 1.00 bits per heavy atom. The van der Waals surface area contributed by atoms with E-state index in [9.17, 15) is 14.4 Å². The summed E-state index contributed by atoms with van der Waals surface area (Å²) >= 11 is 6.19. The predicted molar refractivity (Wildman–Crippen MR) is 177 cm³/mol. The molecule has 0 aliphatic carbocycles. The Hall–Kier alpha value is -4.32. The van der Waals surface area contributed by atoms with Gasteiger partial charge in [0.05, 0.1) is 24.9 Å². The molecule has 0 saturated heterocycles. The highest BCUT2D eigenvalue weighted by molar-refractivity contribution is 6.83. The molecule has 12 heteroatoms. The lowest BCUT2D eigenvalue weighted by atomic mass is 10.00. The SMILES string of the molecule is COc1ccc2c(c1)C(c1ccc(Cl)cc1)=N[C@@H](CC(=O)NCCCCNC(=O)c1cccc([Si](C)(C)O)c1)c1nnc(C)n1-2. The summed E-state index contributed by atoms with van der Waals surface area (Å²) in [6.45, 7) is 6.45. The van der Waals surface area contributed by atoms with Crippen LogP contribution in [0.25, 0.3) is 5.69 Å². The number of hydrogen-bond acceptors (Lipinski definition) is 7. The third-order valence-electron chi connectivity index (χ3n) is 7.67. The highest BCUT2D eigenvalue weighted by Gasteiger charge is 2.30. The van der Waals surface area contributed by atoms with E-state index in [0.29, 0.717) is 59.6 Å². The molecule has 5 rings (SSSR count). The van der Waals surface area contributed by atoms with Crippen molar-refractivity contribution in [2.45, 2.75) is 45.3 Å². The molecule has 3 N–H and O–H groups in total. The molecule has 3 aromatic carbocycles. The van der Waals surface area contributed by atoms with E-state index in [4.69, 9.17) is 21.3 Å². The monoisotopic (exact) mass is 644 g/mol. The molecule has 0 bridgehead atoms. The van der Waals surface area contributed by atoms with Gasteiger partial charge in [-0.25, -0.2) is 0 Å². The van der Waals surface area contributed by atoms with Gasteiger partial charge >= 0.3 is 0 Å². The molecule has 0 radical (unpaired) electrons. The molecule has 0 fully saturated rings. The summed E-state index contributed by atoms with van der Waals surface area (Å²) in [4.78, 5) is 41.2. The first-order chi connectivity index (χ1) is 21.5. The van der Waals surface area contributed by atoms with Gasteiger partial charge < -0.3 is 20.2 Å². The number of amides is 2. The van der Waals surface area contributed by atoms with Crippen molar-refractivity contribution in [2.24, 2.45) is 4.99 Å². The number of rotatable bonds is 11. The lowest BCUT2D eigenvalue weighted by molar-refractivity contribution is -0.121. The van der Waals surface area contributed by atoms with Gasteiger partial charge in [-0.05, 0) is 80.5 Å². The van der Waals surface area contributed by atoms with E-state index in [2.05, 4.69) is 20.8 Å². The lowest BCUT2D eigenvalue weighted by Crippen LogP contribution is -2.42. The number of aliphatic imine (C=N–C) groups is 1. The van der Waals surface area contributed by atoms with E-state index in [1.807, 2.05) is 73.1 Å². The zero-order valence-electron chi connectivity index (χ0n) is 25.8. The van der Waals surface area contributed by atoms with Crippen molar-refractivity contribution in [2.75, 3.05) is 20.2 Å². The number of aryl methyl sites for hydroxylation is 1. The number of hydrogen-bond donors (Lipinski definition) is 3. The summed E-state index contributed by atoms with van der Waals surface area (Å²) in [5, 5.41) is 16.1. The number of benzene rings is 3. The number of ether oxygens (including phenoxy) is 1. The van der Waals surface area contributed by atoms with Gasteiger partial charge in [0.15, 0.2) is 5.82 Å². The summed E-state index contributed by atoms with van der Waals surface area (Å²) in [5.41, 5.74) is 3.77. The van der Waals surface area contributed by atoms with Gasteiger partial charge in [0.25, 0.3) is 5.91 Å². The van der Waals surface area contributed by atoms with Crippen molar-refractivity contribution in [3.8, 4) is 11.4 Å². The molecule has 45 heavy (non-hydrogen) atoms. The topological polar surface area (TPSA) is 131 Å². The number of nitrogens with zero attached hydrogens (tertiary/aromatic N) is 4. The van der Waals surface area contributed by atoms with E-state index in [1.165, 1.54) is 0 Å². The van der Waals surface area contributed by atoms with E-state index in [1.54, 1.807) is 25.3 Å². The maximum absolute atomic E-state index is 13.2. The van der Waals surface area contributed by atoms with E-state index in [-0.39, 0.29) is 18.2 Å². The van der Waals surface area contributed by atoms with Gasteiger partial charge in [0.2, 0.25) is 14.2 Å². The Morgan fingerprint density at radius 3 is 2.44 bits per heavy atom. The molecular weight excluding hydrogens is 608 g/mol. The average Bonchev–Trinajstić information content (AvgIpc) is 3.35. The van der Waals surface area contributed by atoms with Gasteiger partial charge in [-0.3, -0.25) is 19.1 Å². The fourth-order valence-electron chi connectivity index (χ4n) is 5.25. The van der Waals surface area contributed by atoms with Crippen molar-refractivity contribution in [3.05, 3.63) is 100 Å². The Kier molecular flexibility index (Phi) is 9.81. The van der Waals surface area contributed by atoms with E-state index in [0.717, 1.165) is 22.0 Å². The zero-order chi connectivity index (χ0) is 32.1. The van der Waals surface area contributed by atoms with Gasteiger partial charge in [-0.15, -0.1) is 10.2 Å². The molecular formula is C33H37ClN6O4Si. The van der Waals surface area contributed by atoms with Crippen LogP contribution in [0.2, 0.25) is 18.1 Å². The van der Waals surface area contributed by atoms with E-state index < -0.39 is 14.4 Å². The molecule has 2 heterocycles. The lowest BCUT2D eigenvalue weighted by Gasteiger charge is -2.15. The van der Waals surface area contributed by atoms with Crippen LogP contribution in [0.5, 0.6) is 5.75 Å². The van der Waals surface area contributed by atoms with Gasteiger partial charge in [0, 0.05) is 34.8 Å². The van der Waals surface area contributed by atoms with Crippen LogP contribution >= 0.6 is 11.6 Å². The van der Waals surface area contributed by atoms with E-state index >= 15 is 0 Å². The number of halogens is 1. The number of fused-ring (bicyclic) bond motifs is 3. The van der Waals surface area contributed by atoms with Gasteiger partial charge in [-0.2, -0.15) is 0 Å². The molecule has 1 aromatic heterocycles. The maximum atomic E-state index is 13.2. The first-order valence-corrected chi connectivity index (χ1v) is 18.2. The van der Waals surface area contributed by atoms with Crippen LogP contribution < -0.4 is 20.6 Å². The Bertz CT molecular complexity index is 1730. The molecule has 234 valence electrons. The fourth-order valence-corrected chi connectivity index (χ4v) is 6.39. The second-order valence-corrected chi connectivity index (χ2v) is 15.6. The summed E-state index contributed by atoms with van der Waals surface area (Å²) in [5.74, 6) is 1.60. The number of carbonyl (C=O) groups is 2. The predicted octanol–water partition coefficient (Wildman–Crippen LogP) is 4.25. The minimum absolute atomic E-state index is 0.0813. The van der Waals surface area contributed by atoms with Crippen LogP contribution in [-0.2, 0) is 4.79 Å². The van der Waals surface area contributed by atoms with Crippen molar-refractivity contribution >= 4 is 42.6 Å². The second-order valence-electron chi connectivity index (χ2n) is 11.5. The summed E-state index contributed by atoms with van der Waals surface area (Å²) in [7, 11) is -0.881. The summed E-state index contributed by atoms with van der Waals surface area (Å²) in [6.07, 6.45) is 1.46. The quantitative estimate of drug-likeness (QED) is 0.165. The largest absolute Gasteiger partial charge is 0.497 e. The first kappa shape index (κ1) is 32.1. The average molecular weight is 645 g/mol. The molecule has 1 atom stereocenters. The van der Waals surface area contributed by atoms with Crippen molar-refractivity contribution < 1.29 is 19.1 Å². The molecule has 0 saturated carbocycles. The van der Waals surface area contributed by atoms with Crippen LogP contribution in [0.1, 0.15) is 58.4 Å². The van der Waals surface area contributed by atoms with Crippen molar-refractivity contribution in [1.29, 1.82) is 0 Å². The smallest absolute Gasteiger partial charge is 0.251 e. The van der Waals surface area contributed by atoms with Crippen molar-refractivity contribution in [3.63, 3.8) is 0 Å². The number of carbonyl (C=O) groups excluding carboxylic acids is 2. The van der Waals surface area contributed by atoms with Gasteiger partial charge in [-0.1, -0.05) is 35.9 Å². The Morgan fingerprint density at radius 2 is 1.73 bits per heavy atom. The minimum Gasteiger partial charge on any atom is -0.497 e. The maximum Gasteiger partial charge on any atom is 0.251 e. The van der Waals surface area contributed by atoms with Crippen molar-refractivity contribution in [1.82, 2.24) is 25.4 Å². The molecule has 4 aromatic rings. The standard InChI is InChI=1S/C33H37ClN6O4Si/c1-21-38-39-32-28(20-30(41)35-16-5-6-17-36-33(42)23-8-7-9-26(18-23)45(3,4)43)37-31(22-10-12-24(34)13-11-22)27-19-25(44-2)14-15-29(27)40(21)32/h7-15,18-19,28,43H,5-6,16-17,20H2,1-4H3,(H,35,41)(H,36,42)/t28-/m0/s1. The summed E-state index contributed by atoms with van der Waals surface area (Å²) in [6, 6.07) is 19.8. The number of nitrogens with one attached hydrogen (secondary N) is 2. The molecule has 1 aliphatic rings. The minimum atomic E-state index is -2.50. The zero-order valence-corrected chi connectivity index (χ0v) is 27.6. The second kappa shape index (κ2) is 13.8. The summed E-state index contributed by atoms with van der Waals surface area (Å²) < 4.78 is 7.47. The molecule has 0 spiro atoms. The third kappa shape index (κ3) is 7.50. The molecule has 2 amide bonds. The molecule has 0 unspecified atom stereocenters. The normalized spacial score (nSPS) is 14.1. The number of methoxy groups -OCH3 is 1. The number of unbranched alkanes of at least 4 members (excludes halogenated alkanes) is 1. The Balaban J connectivity index is 1.24. The van der Waals surface area contributed by atoms with Crippen LogP contribution in [0, 0.1) is 6.92 Å². The first-order valence-electron chi connectivity index (χ1n) is 14.9. The van der Waals surface area contributed by atoms with Crippen LogP contribution in [-0.4, -0.2) is 65.6 Å². The fraction of sp³-hybridized carbons (Fsp3) is 0.303. The highest BCUT2D eigenvalue weighted by Crippen LogP contribution is 2.34. The third-order valence-corrected chi connectivity index (χ3v) is 9.65. The Labute approximate surface area is 268 Å². The van der Waals surface area contributed by atoms with Crippen LogP contribution in [0.15, 0.2) is 71.7 Å². The molecule has 1 aliphatic heterocycles. The number of aromatic nitrogens is 3. The van der Waals surface area contributed by atoms with Gasteiger partial charge in [0.1, 0.15) is 17.6 Å². The van der Waals surface area contributed by atoms with Crippen LogP contribution in [0.4, 0.5) is 0 Å². The molecule has 10 nitrogen and oxygen atoms in total. The highest BCUT2D eigenvalue weighted by atomic mass is 35.5. The van der Waals surface area contributed by atoms with Crippen LogP contribution in [0.3, 0.4) is 0 Å².